The molecule has 0 unspecified atom stereocenters. The molecule has 0 bridgehead atoms. The first kappa shape index (κ1) is 8.01. The normalized spacial score (nSPS) is 8.82. The highest BCUT2D eigenvalue weighted by atomic mass is 32.1. The maximum atomic E-state index is 4.80. The quantitative estimate of drug-likeness (QED) is 0.647. The third-order valence-corrected chi connectivity index (χ3v) is 1.47. The van der Waals surface area contributed by atoms with E-state index in [9.17, 15) is 0 Å². The van der Waals surface area contributed by atoms with Crippen molar-refractivity contribution < 1.29 is 4.74 Å². The van der Waals surface area contributed by atoms with E-state index in [0.29, 0.717) is 5.17 Å². The molecule has 0 aliphatic carbocycles. The van der Waals surface area contributed by atoms with E-state index in [-0.39, 0.29) is 0 Å². The SMILES string of the molecule is COC(=S)Nc1ccccc1. The third-order valence-electron chi connectivity index (χ3n) is 1.21. The van der Waals surface area contributed by atoms with Gasteiger partial charge < -0.3 is 10.1 Å². The number of benzene rings is 1. The van der Waals surface area contributed by atoms with Crippen LogP contribution in [-0.2, 0) is 4.74 Å². The van der Waals surface area contributed by atoms with Gasteiger partial charge in [0.05, 0.1) is 7.11 Å². The zero-order valence-corrected chi connectivity index (χ0v) is 7.02. The van der Waals surface area contributed by atoms with Crippen LogP contribution in [0.25, 0.3) is 0 Å². The first-order chi connectivity index (χ1) is 5.33. The smallest absolute Gasteiger partial charge is 0.260 e. The summed E-state index contributed by atoms with van der Waals surface area (Å²) in [5.74, 6) is 0. The van der Waals surface area contributed by atoms with Crippen LogP contribution in [0.15, 0.2) is 30.3 Å². The van der Waals surface area contributed by atoms with Crippen LogP contribution in [0, 0.1) is 0 Å². The Labute approximate surface area is 71.2 Å². The summed E-state index contributed by atoms with van der Waals surface area (Å²) in [6.07, 6.45) is 0. The second kappa shape index (κ2) is 3.93. The summed E-state index contributed by atoms with van der Waals surface area (Å²) < 4.78 is 4.77. The van der Waals surface area contributed by atoms with E-state index in [4.69, 9.17) is 17.0 Å². The summed E-state index contributed by atoms with van der Waals surface area (Å²) in [5, 5.41) is 3.29. The van der Waals surface area contributed by atoms with Gasteiger partial charge in [-0.25, -0.2) is 0 Å². The second-order valence-electron chi connectivity index (χ2n) is 1.98. The van der Waals surface area contributed by atoms with E-state index in [0.717, 1.165) is 5.69 Å². The van der Waals surface area contributed by atoms with Gasteiger partial charge >= 0.3 is 0 Å². The van der Waals surface area contributed by atoms with Gasteiger partial charge in [-0.2, -0.15) is 0 Å². The number of nitrogens with one attached hydrogen (secondary N) is 1. The summed E-state index contributed by atoms with van der Waals surface area (Å²) in [5.41, 5.74) is 0.944. The molecule has 0 aromatic heterocycles. The molecule has 0 saturated carbocycles. The predicted octanol–water partition coefficient (Wildman–Crippen LogP) is 2.03. The molecule has 1 aromatic rings. The number of thiocarbonyl (C=S) groups is 1. The number of rotatable bonds is 1. The molecule has 0 atom stereocenters. The van der Waals surface area contributed by atoms with Crippen molar-refractivity contribution in [3.05, 3.63) is 30.3 Å². The van der Waals surface area contributed by atoms with Crippen LogP contribution in [0.2, 0.25) is 0 Å². The minimum atomic E-state index is 0.385. The van der Waals surface area contributed by atoms with Crippen LogP contribution >= 0.6 is 12.2 Å². The lowest BCUT2D eigenvalue weighted by Crippen LogP contribution is -2.09. The molecule has 1 N–H and O–H groups in total. The van der Waals surface area contributed by atoms with Gasteiger partial charge in [0.25, 0.3) is 5.17 Å². The van der Waals surface area contributed by atoms with Crippen molar-refractivity contribution in [2.75, 3.05) is 12.4 Å². The van der Waals surface area contributed by atoms with Gasteiger partial charge in [0.2, 0.25) is 0 Å². The van der Waals surface area contributed by atoms with Crippen LogP contribution in [0.5, 0.6) is 0 Å². The van der Waals surface area contributed by atoms with E-state index in [1.165, 1.54) is 7.11 Å². The monoisotopic (exact) mass is 167 g/mol. The molecule has 0 saturated heterocycles. The molecule has 0 heterocycles. The van der Waals surface area contributed by atoms with Gasteiger partial charge in [-0.1, -0.05) is 18.2 Å². The molecule has 0 radical (unpaired) electrons. The Morgan fingerprint density at radius 1 is 1.36 bits per heavy atom. The van der Waals surface area contributed by atoms with Gasteiger partial charge in [-0.15, -0.1) is 0 Å². The van der Waals surface area contributed by atoms with E-state index in [2.05, 4.69) is 5.32 Å². The van der Waals surface area contributed by atoms with Gasteiger partial charge in [-0.05, 0) is 24.4 Å². The molecule has 0 aliphatic heterocycles. The van der Waals surface area contributed by atoms with Gasteiger partial charge in [0, 0.05) is 5.69 Å². The Balaban J connectivity index is 2.58. The van der Waals surface area contributed by atoms with E-state index >= 15 is 0 Å². The molecule has 0 fully saturated rings. The zero-order chi connectivity index (χ0) is 8.10. The van der Waals surface area contributed by atoms with Crippen LogP contribution < -0.4 is 5.32 Å². The molecule has 1 aromatic carbocycles. The molecular formula is C8H9NOS. The van der Waals surface area contributed by atoms with Crippen molar-refractivity contribution in [2.45, 2.75) is 0 Å². The van der Waals surface area contributed by atoms with Crippen LogP contribution in [0.1, 0.15) is 0 Å². The molecule has 11 heavy (non-hydrogen) atoms. The molecule has 58 valence electrons. The van der Waals surface area contributed by atoms with Crippen LogP contribution in [0.3, 0.4) is 0 Å². The van der Waals surface area contributed by atoms with E-state index in [1.807, 2.05) is 30.3 Å². The average molecular weight is 167 g/mol. The molecule has 2 nitrogen and oxygen atoms in total. The highest BCUT2D eigenvalue weighted by Crippen LogP contribution is 2.04. The maximum Gasteiger partial charge on any atom is 0.260 e. The lowest BCUT2D eigenvalue weighted by molar-refractivity contribution is 0.413. The van der Waals surface area contributed by atoms with Crippen molar-refractivity contribution in [3.8, 4) is 0 Å². The molecule has 1 rings (SSSR count). The fourth-order valence-corrected chi connectivity index (χ4v) is 0.808. The molecule has 0 aliphatic rings. The summed E-state index contributed by atoms with van der Waals surface area (Å²) >= 11 is 4.80. The van der Waals surface area contributed by atoms with Crippen LogP contribution in [-0.4, -0.2) is 12.3 Å². The van der Waals surface area contributed by atoms with Gasteiger partial charge in [0.15, 0.2) is 0 Å². The second-order valence-corrected chi connectivity index (χ2v) is 2.35. The number of anilines is 1. The van der Waals surface area contributed by atoms with Crippen molar-refractivity contribution in [1.82, 2.24) is 0 Å². The molecule has 3 heteroatoms. The number of ether oxygens (including phenoxy) is 1. The number of methoxy groups -OCH3 is 1. The number of para-hydroxylation sites is 1. The van der Waals surface area contributed by atoms with Crippen LogP contribution in [0.4, 0.5) is 5.69 Å². The van der Waals surface area contributed by atoms with Crippen molar-refractivity contribution in [2.24, 2.45) is 0 Å². The minimum Gasteiger partial charge on any atom is -0.474 e. The maximum absolute atomic E-state index is 4.80. The lowest BCUT2D eigenvalue weighted by atomic mass is 10.3. The average Bonchev–Trinajstić information content (AvgIpc) is 2.06. The largest absolute Gasteiger partial charge is 0.474 e. The highest BCUT2D eigenvalue weighted by molar-refractivity contribution is 7.80. The molecule has 0 amide bonds. The van der Waals surface area contributed by atoms with Crippen molar-refractivity contribution in [1.29, 1.82) is 0 Å². The van der Waals surface area contributed by atoms with E-state index in [1.54, 1.807) is 0 Å². The van der Waals surface area contributed by atoms with Crippen molar-refractivity contribution in [3.63, 3.8) is 0 Å². The van der Waals surface area contributed by atoms with Gasteiger partial charge in [-0.3, -0.25) is 0 Å². The standard InChI is InChI=1S/C8H9NOS/c1-10-8(11)9-7-5-3-2-4-6-7/h2-6H,1H3,(H,9,11). The first-order valence-corrected chi connectivity index (χ1v) is 3.64. The topological polar surface area (TPSA) is 21.3 Å². The highest BCUT2D eigenvalue weighted by Gasteiger charge is 1.92. The van der Waals surface area contributed by atoms with Gasteiger partial charge in [0.1, 0.15) is 0 Å². The predicted molar refractivity (Wildman–Crippen MR) is 49.7 cm³/mol. The summed E-state index contributed by atoms with van der Waals surface area (Å²) in [6, 6.07) is 9.65. The lowest BCUT2D eigenvalue weighted by Gasteiger charge is -2.04. The Morgan fingerprint density at radius 2 is 2.00 bits per heavy atom. The molecular weight excluding hydrogens is 158 g/mol. The Bertz CT molecular complexity index is 235. The number of hydrogen-bond donors (Lipinski definition) is 1. The third kappa shape index (κ3) is 2.55. The number of hydrogen-bond acceptors (Lipinski definition) is 2. The minimum absolute atomic E-state index is 0.385. The summed E-state index contributed by atoms with van der Waals surface area (Å²) in [7, 11) is 1.54. The summed E-state index contributed by atoms with van der Waals surface area (Å²) in [6.45, 7) is 0. The Kier molecular flexibility index (Phi) is 2.86. The first-order valence-electron chi connectivity index (χ1n) is 3.23. The zero-order valence-electron chi connectivity index (χ0n) is 6.20. The fourth-order valence-electron chi connectivity index (χ4n) is 0.690. The Morgan fingerprint density at radius 3 is 2.55 bits per heavy atom. The summed E-state index contributed by atoms with van der Waals surface area (Å²) in [4.78, 5) is 0. The van der Waals surface area contributed by atoms with Crippen molar-refractivity contribution >= 4 is 23.1 Å². The fraction of sp³-hybridized carbons (Fsp3) is 0.125. The Hall–Kier alpha value is -1.09. The molecule has 0 spiro atoms. The van der Waals surface area contributed by atoms with E-state index < -0.39 is 0 Å².